The SMILES string of the molecule is CCCCOC(=O)CC(C)(O)c1ccc(Oc2ccccc2)cc1. The molecule has 2 aromatic rings. The van der Waals surface area contributed by atoms with Crippen molar-refractivity contribution in [2.45, 2.75) is 38.7 Å². The normalized spacial score (nSPS) is 13.1. The molecule has 0 aliphatic carbocycles. The zero-order valence-electron chi connectivity index (χ0n) is 14.2. The summed E-state index contributed by atoms with van der Waals surface area (Å²) in [7, 11) is 0. The van der Waals surface area contributed by atoms with E-state index in [1.54, 1.807) is 31.2 Å². The molecule has 0 saturated heterocycles. The molecule has 128 valence electrons. The van der Waals surface area contributed by atoms with Crippen molar-refractivity contribution in [3.8, 4) is 11.5 Å². The van der Waals surface area contributed by atoms with Crippen LogP contribution in [0.25, 0.3) is 0 Å². The van der Waals surface area contributed by atoms with E-state index >= 15 is 0 Å². The molecular weight excluding hydrogens is 304 g/mol. The van der Waals surface area contributed by atoms with E-state index in [1.165, 1.54) is 0 Å². The molecular formula is C20H24O4. The van der Waals surface area contributed by atoms with Crippen LogP contribution in [0.15, 0.2) is 54.6 Å². The average Bonchev–Trinajstić information content (AvgIpc) is 2.56. The Morgan fingerprint density at radius 1 is 1.04 bits per heavy atom. The van der Waals surface area contributed by atoms with Crippen molar-refractivity contribution < 1.29 is 19.4 Å². The fourth-order valence-electron chi connectivity index (χ4n) is 2.27. The second-order valence-electron chi connectivity index (χ2n) is 5.96. The first-order valence-electron chi connectivity index (χ1n) is 8.23. The first-order valence-corrected chi connectivity index (χ1v) is 8.23. The number of hydrogen-bond acceptors (Lipinski definition) is 4. The van der Waals surface area contributed by atoms with Crippen molar-refractivity contribution in [2.24, 2.45) is 0 Å². The van der Waals surface area contributed by atoms with Crippen molar-refractivity contribution in [2.75, 3.05) is 6.61 Å². The summed E-state index contributed by atoms with van der Waals surface area (Å²) in [5, 5.41) is 10.6. The molecule has 0 fully saturated rings. The number of hydrogen-bond donors (Lipinski definition) is 1. The smallest absolute Gasteiger partial charge is 0.309 e. The minimum absolute atomic E-state index is 0.0738. The van der Waals surface area contributed by atoms with Crippen LogP contribution in [0.1, 0.15) is 38.7 Å². The Morgan fingerprint density at radius 3 is 2.29 bits per heavy atom. The lowest BCUT2D eigenvalue weighted by atomic mass is 9.92. The third kappa shape index (κ3) is 5.39. The number of ether oxygens (including phenoxy) is 2. The molecule has 0 bridgehead atoms. The van der Waals surface area contributed by atoms with Crippen LogP contribution in [0.3, 0.4) is 0 Å². The van der Waals surface area contributed by atoms with E-state index in [-0.39, 0.29) is 6.42 Å². The highest BCUT2D eigenvalue weighted by atomic mass is 16.5. The van der Waals surface area contributed by atoms with Gasteiger partial charge in [-0.15, -0.1) is 0 Å². The van der Waals surface area contributed by atoms with Gasteiger partial charge in [0.1, 0.15) is 11.5 Å². The second-order valence-corrected chi connectivity index (χ2v) is 5.96. The van der Waals surface area contributed by atoms with Gasteiger partial charge in [-0.1, -0.05) is 43.7 Å². The van der Waals surface area contributed by atoms with Gasteiger partial charge in [0.2, 0.25) is 0 Å². The van der Waals surface area contributed by atoms with Gasteiger partial charge in [-0.2, -0.15) is 0 Å². The Balaban J connectivity index is 1.96. The Hall–Kier alpha value is -2.33. The van der Waals surface area contributed by atoms with E-state index < -0.39 is 11.6 Å². The van der Waals surface area contributed by atoms with Gasteiger partial charge in [-0.05, 0) is 43.2 Å². The summed E-state index contributed by atoms with van der Waals surface area (Å²) in [4.78, 5) is 11.8. The van der Waals surface area contributed by atoms with Gasteiger partial charge in [0.05, 0.1) is 18.6 Å². The minimum Gasteiger partial charge on any atom is -0.466 e. The molecule has 0 saturated carbocycles. The highest BCUT2D eigenvalue weighted by Gasteiger charge is 2.27. The third-order valence-corrected chi connectivity index (χ3v) is 3.70. The zero-order chi connectivity index (χ0) is 17.4. The number of carbonyl (C=O) groups is 1. The Bertz CT molecular complexity index is 632. The van der Waals surface area contributed by atoms with Crippen molar-refractivity contribution in [1.82, 2.24) is 0 Å². The molecule has 2 rings (SSSR count). The molecule has 4 nitrogen and oxygen atoms in total. The Morgan fingerprint density at radius 2 is 1.67 bits per heavy atom. The Kier molecular flexibility index (Phi) is 6.38. The van der Waals surface area contributed by atoms with Crippen LogP contribution in [-0.2, 0) is 15.1 Å². The largest absolute Gasteiger partial charge is 0.466 e. The molecule has 0 spiro atoms. The maximum atomic E-state index is 11.8. The van der Waals surface area contributed by atoms with E-state index in [0.29, 0.717) is 17.9 Å². The van der Waals surface area contributed by atoms with Crippen LogP contribution in [0.4, 0.5) is 0 Å². The molecule has 0 radical (unpaired) electrons. The number of aliphatic hydroxyl groups is 1. The molecule has 0 amide bonds. The molecule has 2 aromatic carbocycles. The fraction of sp³-hybridized carbons (Fsp3) is 0.350. The summed E-state index contributed by atoms with van der Waals surface area (Å²) >= 11 is 0. The highest BCUT2D eigenvalue weighted by Crippen LogP contribution is 2.28. The van der Waals surface area contributed by atoms with Crippen molar-refractivity contribution in [1.29, 1.82) is 0 Å². The van der Waals surface area contributed by atoms with E-state index in [4.69, 9.17) is 9.47 Å². The average molecular weight is 328 g/mol. The van der Waals surface area contributed by atoms with Gasteiger partial charge >= 0.3 is 5.97 Å². The minimum atomic E-state index is -1.27. The van der Waals surface area contributed by atoms with Gasteiger partial charge in [-0.25, -0.2) is 0 Å². The van der Waals surface area contributed by atoms with Crippen LogP contribution in [-0.4, -0.2) is 17.7 Å². The number of benzene rings is 2. The van der Waals surface area contributed by atoms with Crippen molar-refractivity contribution in [3.63, 3.8) is 0 Å². The molecule has 0 aliphatic rings. The van der Waals surface area contributed by atoms with Crippen molar-refractivity contribution >= 4 is 5.97 Å². The first-order chi connectivity index (χ1) is 11.5. The van der Waals surface area contributed by atoms with Gasteiger partial charge < -0.3 is 14.6 Å². The van der Waals surface area contributed by atoms with E-state index in [9.17, 15) is 9.90 Å². The van der Waals surface area contributed by atoms with Crippen LogP contribution in [0.5, 0.6) is 11.5 Å². The standard InChI is InChI=1S/C20H24O4/c1-3-4-14-23-19(21)15-20(2,22)16-10-12-18(13-11-16)24-17-8-6-5-7-9-17/h5-13,22H,3-4,14-15H2,1-2H3. The van der Waals surface area contributed by atoms with Crippen LogP contribution >= 0.6 is 0 Å². The highest BCUT2D eigenvalue weighted by molar-refractivity contribution is 5.71. The number of rotatable bonds is 8. The van der Waals surface area contributed by atoms with Crippen LogP contribution < -0.4 is 4.74 Å². The van der Waals surface area contributed by atoms with Gasteiger partial charge in [0.25, 0.3) is 0 Å². The lowest BCUT2D eigenvalue weighted by Crippen LogP contribution is -2.26. The molecule has 0 aliphatic heterocycles. The summed E-state index contributed by atoms with van der Waals surface area (Å²) in [5.74, 6) is 1.03. The van der Waals surface area contributed by atoms with E-state index in [2.05, 4.69) is 0 Å². The predicted octanol–water partition coefficient (Wildman–Crippen LogP) is 4.42. The van der Waals surface area contributed by atoms with Crippen LogP contribution in [0.2, 0.25) is 0 Å². The molecule has 4 heteroatoms. The van der Waals surface area contributed by atoms with Crippen molar-refractivity contribution in [3.05, 3.63) is 60.2 Å². The van der Waals surface area contributed by atoms with Gasteiger partial charge in [0.15, 0.2) is 0 Å². The fourth-order valence-corrected chi connectivity index (χ4v) is 2.27. The maximum Gasteiger partial charge on any atom is 0.309 e. The summed E-state index contributed by atoms with van der Waals surface area (Å²) < 4.78 is 10.8. The molecule has 1 N–H and O–H groups in total. The quantitative estimate of drug-likeness (QED) is 0.576. The molecule has 1 atom stereocenters. The first kappa shape index (κ1) is 18.0. The van der Waals surface area contributed by atoms with E-state index in [0.717, 1.165) is 18.6 Å². The number of carbonyl (C=O) groups excluding carboxylic acids is 1. The second kappa shape index (κ2) is 8.50. The number of esters is 1. The third-order valence-electron chi connectivity index (χ3n) is 3.70. The van der Waals surface area contributed by atoms with Gasteiger partial charge in [-0.3, -0.25) is 4.79 Å². The number of para-hydroxylation sites is 1. The Labute approximate surface area is 143 Å². The summed E-state index contributed by atoms with van der Waals surface area (Å²) in [6.07, 6.45) is 1.72. The topological polar surface area (TPSA) is 55.8 Å². The lowest BCUT2D eigenvalue weighted by Gasteiger charge is -2.23. The molecule has 1 unspecified atom stereocenters. The molecule has 0 heterocycles. The zero-order valence-corrected chi connectivity index (χ0v) is 14.2. The number of unbranched alkanes of at least 4 members (excludes halogenated alkanes) is 1. The summed E-state index contributed by atoms with van der Waals surface area (Å²) in [6, 6.07) is 16.5. The molecule has 0 aromatic heterocycles. The van der Waals surface area contributed by atoms with Crippen LogP contribution in [0, 0.1) is 0 Å². The summed E-state index contributed by atoms with van der Waals surface area (Å²) in [6.45, 7) is 4.04. The maximum absolute atomic E-state index is 11.8. The summed E-state index contributed by atoms with van der Waals surface area (Å²) in [5.41, 5.74) is -0.621. The molecule has 24 heavy (non-hydrogen) atoms. The predicted molar refractivity (Wildman–Crippen MR) is 93.0 cm³/mol. The van der Waals surface area contributed by atoms with E-state index in [1.807, 2.05) is 37.3 Å². The van der Waals surface area contributed by atoms with Gasteiger partial charge in [0, 0.05) is 0 Å². The monoisotopic (exact) mass is 328 g/mol. The lowest BCUT2D eigenvalue weighted by molar-refractivity contribution is -0.149.